The molecule has 2 aromatic carbocycles. The number of nitrogens with one attached hydrogen (secondary N) is 2. The fraction of sp³-hybridized carbons (Fsp3) is 0.273. The Hall–Kier alpha value is -3.12. The maximum absolute atomic E-state index is 12.3. The van der Waals surface area contributed by atoms with E-state index in [1.165, 1.54) is 0 Å². The summed E-state index contributed by atoms with van der Waals surface area (Å²) in [6.07, 6.45) is 0. The van der Waals surface area contributed by atoms with Crippen LogP contribution < -0.4 is 10.6 Å². The molecule has 0 bridgehead atoms. The Balaban J connectivity index is 1.60. The molecule has 0 atom stereocenters. The van der Waals surface area contributed by atoms with Gasteiger partial charge in [0.25, 0.3) is 0 Å². The SMILES string of the molecule is COCc1ccccc1CNC(=O)NCc1c(C)nn(-c2ccccc2)c1C. The fourth-order valence-corrected chi connectivity index (χ4v) is 3.18. The summed E-state index contributed by atoms with van der Waals surface area (Å²) in [6.45, 7) is 5.38. The van der Waals surface area contributed by atoms with Crippen LogP contribution in [-0.4, -0.2) is 22.9 Å². The number of aryl methyl sites for hydroxylation is 1. The Morgan fingerprint density at radius 1 is 0.964 bits per heavy atom. The van der Waals surface area contributed by atoms with Crippen molar-refractivity contribution in [2.45, 2.75) is 33.5 Å². The van der Waals surface area contributed by atoms with Crippen LogP contribution in [0.1, 0.15) is 28.1 Å². The number of urea groups is 1. The Morgan fingerprint density at radius 2 is 1.61 bits per heavy atom. The standard InChI is InChI=1S/C22H26N4O2/c1-16-21(17(2)26(25-16)20-11-5-4-6-12-20)14-24-22(27)23-13-18-9-7-8-10-19(18)15-28-3/h4-12H,13-15H2,1-3H3,(H2,23,24,27). The molecule has 3 rings (SSSR count). The van der Waals surface area contributed by atoms with Gasteiger partial charge in [-0.15, -0.1) is 0 Å². The minimum Gasteiger partial charge on any atom is -0.380 e. The monoisotopic (exact) mass is 378 g/mol. The van der Waals surface area contributed by atoms with Crippen LogP contribution in [0.5, 0.6) is 0 Å². The Bertz CT molecular complexity index is 935. The molecule has 0 unspecified atom stereocenters. The summed E-state index contributed by atoms with van der Waals surface area (Å²) < 4.78 is 7.12. The minimum absolute atomic E-state index is 0.210. The molecule has 0 aliphatic carbocycles. The molecular weight excluding hydrogens is 352 g/mol. The first kappa shape index (κ1) is 19.6. The van der Waals surface area contributed by atoms with Crippen molar-refractivity contribution in [2.75, 3.05) is 7.11 Å². The zero-order chi connectivity index (χ0) is 19.9. The molecule has 0 saturated heterocycles. The van der Waals surface area contributed by atoms with E-state index in [1.54, 1.807) is 7.11 Å². The van der Waals surface area contributed by atoms with E-state index in [2.05, 4.69) is 15.7 Å². The molecule has 0 spiro atoms. The molecule has 1 heterocycles. The highest BCUT2D eigenvalue weighted by Gasteiger charge is 2.13. The summed E-state index contributed by atoms with van der Waals surface area (Å²) >= 11 is 0. The number of carbonyl (C=O) groups is 1. The lowest BCUT2D eigenvalue weighted by Gasteiger charge is -2.11. The Morgan fingerprint density at radius 3 is 2.32 bits per heavy atom. The number of aromatic nitrogens is 2. The van der Waals surface area contributed by atoms with Crippen molar-refractivity contribution in [3.63, 3.8) is 0 Å². The van der Waals surface area contributed by atoms with Gasteiger partial charge in [0.05, 0.1) is 18.0 Å². The molecule has 0 saturated carbocycles. The average Bonchev–Trinajstić information content (AvgIpc) is 3.00. The van der Waals surface area contributed by atoms with Gasteiger partial charge in [0.2, 0.25) is 0 Å². The molecule has 2 amide bonds. The molecule has 0 radical (unpaired) electrons. The summed E-state index contributed by atoms with van der Waals surface area (Å²) in [7, 11) is 1.66. The van der Waals surface area contributed by atoms with Crippen molar-refractivity contribution < 1.29 is 9.53 Å². The second-order valence-corrected chi connectivity index (χ2v) is 6.63. The van der Waals surface area contributed by atoms with Crippen LogP contribution in [0, 0.1) is 13.8 Å². The van der Waals surface area contributed by atoms with Crippen molar-refractivity contribution in [2.24, 2.45) is 0 Å². The Labute approximate surface area is 165 Å². The second kappa shape index (κ2) is 9.19. The lowest BCUT2D eigenvalue weighted by molar-refractivity contribution is 0.184. The van der Waals surface area contributed by atoms with Crippen LogP contribution in [0.25, 0.3) is 5.69 Å². The fourth-order valence-electron chi connectivity index (χ4n) is 3.18. The number of hydrogen-bond acceptors (Lipinski definition) is 3. The molecule has 6 nitrogen and oxygen atoms in total. The third-order valence-electron chi connectivity index (χ3n) is 4.73. The third-order valence-corrected chi connectivity index (χ3v) is 4.73. The number of ether oxygens (including phenoxy) is 1. The summed E-state index contributed by atoms with van der Waals surface area (Å²) in [5.74, 6) is 0. The number of para-hydroxylation sites is 1. The number of carbonyl (C=O) groups excluding carboxylic acids is 1. The zero-order valence-corrected chi connectivity index (χ0v) is 16.5. The van der Waals surface area contributed by atoms with Gasteiger partial charge in [0.15, 0.2) is 0 Å². The van der Waals surface area contributed by atoms with E-state index in [1.807, 2.05) is 73.1 Å². The van der Waals surface area contributed by atoms with E-state index >= 15 is 0 Å². The van der Waals surface area contributed by atoms with Crippen molar-refractivity contribution in [3.8, 4) is 5.69 Å². The molecule has 3 aromatic rings. The highest BCUT2D eigenvalue weighted by molar-refractivity contribution is 5.74. The van der Waals surface area contributed by atoms with Crippen LogP contribution in [0.15, 0.2) is 54.6 Å². The van der Waals surface area contributed by atoms with Crippen LogP contribution >= 0.6 is 0 Å². The predicted octanol–water partition coefficient (Wildman–Crippen LogP) is 3.63. The summed E-state index contributed by atoms with van der Waals surface area (Å²) in [4.78, 5) is 12.3. The summed E-state index contributed by atoms with van der Waals surface area (Å²) in [6, 6.07) is 17.7. The smallest absolute Gasteiger partial charge is 0.315 e. The molecule has 0 aliphatic rings. The number of amides is 2. The van der Waals surface area contributed by atoms with Gasteiger partial charge in [-0.25, -0.2) is 9.48 Å². The first-order valence-electron chi connectivity index (χ1n) is 9.28. The van der Waals surface area contributed by atoms with E-state index in [4.69, 9.17) is 4.74 Å². The molecule has 1 aromatic heterocycles. The molecule has 28 heavy (non-hydrogen) atoms. The molecular formula is C22H26N4O2. The van der Waals surface area contributed by atoms with Gasteiger partial charge in [-0.3, -0.25) is 0 Å². The molecule has 0 aliphatic heterocycles. The number of rotatable bonds is 7. The number of nitrogens with zero attached hydrogens (tertiary/aromatic N) is 2. The lowest BCUT2D eigenvalue weighted by Crippen LogP contribution is -2.35. The predicted molar refractivity (Wildman–Crippen MR) is 109 cm³/mol. The highest BCUT2D eigenvalue weighted by atomic mass is 16.5. The normalized spacial score (nSPS) is 10.7. The van der Waals surface area contributed by atoms with E-state index in [-0.39, 0.29) is 6.03 Å². The van der Waals surface area contributed by atoms with Crippen molar-refractivity contribution in [3.05, 3.63) is 82.7 Å². The maximum Gasteiger partial charge on any atom is 0.315 e. The Kier molecular flexibility index (Phi) is 6.45. The lowest BCUT2D eigenvalue weighted by atomic mass is 10.1. The summed E-state index contributed by atoms with van der Waals surface area (Å²) in [5.41, 5.74) is 6.08. The van der Waals surface area contributed by atoms with Gasteiger partial charge in [-0.1, -0.05) is 42.5 Å². The first-order valence-corrected chi connectivity index (χ1v) is 9.28. The first-order chi connectivity index (χ1) is 13.6. The van der Waals surface area contributed by atoms with Gasteiger partial charge >= 0.3 is 6.03 Å². The van der Waals surface area contributed by atoms with Crippen LogP contribution in [0.2, 0.25) is 0 Å². The van der Waals surface area contributed by atoms with Crippen molar-refractivity contribution >= 4 is 6.03 Å². The van der Waals surface area contributed by atoms with E-state index in [0.29, 0.717) is 19.7 Å². The number of hydrogen-bond donors (Lipinski definition) is 2. The third kappa shape index (κ3) is 4.58. The molecule has 6 heteroatoms. The summed E-state index contributed by atoms with van der Waals surface area (Å²) in [5, 5.41) is 10.5. The largest absolute Gasteiger partial charge is 0.380 e. The van der Waals surface area contributed by atoms with Gasteiger partial charge in [-0.2, -0.15) is 5.10 Å². The highest BCUT2D eigenvalue weighted by Crippen LogP contribution is 2.17. The van der Waals surface area contributed by atoms with E-state index in [0.717, 1.165) is 33.8 Å². The van der Waals surface area contributed by atoms with E-state index < -0.39 is 0 Å². The zero-order valence-electron chi connectivity index (χ0n) is 16.5. The van der Waals surface area contributed by atoms with Crippen LogP contribution in [-0.2, 0) is 24.4 Å². The van der Waals surface area contributed by atoms with Crippen molar-refractivity contribution in [1.82, 2.24) is 20.4 Å². The molecule has 0 fully saturated rings. The van der Waals surface area contributed by atoms with Gasteiger partial charge in [-0.05, 0) is 37.1 Å². The van der Waals surface area contributed by atoms with E-state index in [9.17, 15) is 4.79 Å². The quantitative estimate of drug-likeness (QED) is 0.660. The maximum atomic E-state index is 12.3. The van der Waals surface area contributed by atoms with Gasteiger partial charge < -0.3 is 15.4 Å². The molecule has 146 valence electrons. The van der Waals surface area contributed by atoms with Crippen molar-refractivity contribution in [1.29, 1.82) is 0 Å². The number of methoxy groups -OCH3 is 1. The second-order valence-electron chi connectivity index (χ2n) is 6.63. The van der Waals surface area contributed by atoms with Crippen LogP contribution in [0.3, 0.4) is 0 Å². The number of benzene rings is 2. The topological polar surface area (TPSA) is 68.2 Å². The molecule has 2 N–H and O–H groups in total. The van der Waals surface area contributed by atoms with Gasteiger partial charge in [0.1, 0.15) is 0 Å². The van der Waals surface area contributed by atoms with Gasteiger partial charge in [0, 0.05) is 31.5 Å². The van der Waals surface area contributed by atoms with Crippen LogP contribution in [0.4, 0.5) is 4.79 Å². The minimum atomic E-state index is -0.210. The average molecular weight is 378 g/mol.